The summed E-state index contributed by atoms with van der Waals surface area (Å²) in [6, 6.07) is 8.34. The van der Waals surface area contributed by atoms with Gasteiger partial charge >= 0.3 is 0 Å². The Morgan fingerprint density at radius 3 is 2.88 bits per heavy atom. The Morgan fingerprint density at radius 2 is 2.18 bits per heavy atom. The molecule has 1 atom stereocenters. The van der Waals surface area contributed by atoms with Gasteiger partial charge in [-0.3, -0.25) is 9.97 Å². The molecule has 0 bridgehead atoms. The molecule has 3 heteroatoms. The van der Waals surface area contributed by atoms with Crippen molar-refractivity contribution in [1.29, 1.82) is 0 Å². The Bertz CT molecular complexity index is 471. The number of nitrogens with zero attached hydrogens (tertiary/aromatic N) is 2. The van der Waals surface area contributed by atoms with Gasteiger partial charge in [0.05, 0.1) is 18.0 Å². The van der Waals surface area contributed by atoms with Crippen molar-refractivity contribution < 1.29 is 5.11 Å². The SMILES string of the molecule is Cc1cccc(CCC(O)c2cnccn2)c1. The van der Waals surface area contributed by atoms with Crippen molar-refractivity contribution in [1.82, 2.24) is 9.97 Å². The lowest BCUT2D eigenvalue weighted by atomic mass is 10.0. The van der Waals surface area contributed by atoms with E-state index in [1.54, 1.807) is 18.6 Å². The van der Waals surface area contributed by atoms with Gasteiger partial charge in [-0.2, -0.15) is 0 Å². The first-order valence-corrected chi connectivity index (χ1v) is 5.75. The molecule has 0 saturated carbocycles. The molecule has 0 fully saturated rings. The fraction of sp³-hybridized carbons (Fsp3) is 0.286. The van der Waals surface area contributed by atoms with Crippen LogP contribution in [-0.2, 0) is 6.42 Å². The van der Waals surface area contributed by atoms with Crippen molar-refractivity contribution in [3.8, 4) is 0 Å². The third-order valence-electron chi connectivity index (χ3n) is 2.71. The van der Waals surface area contributed by atoms with Crippen LogP contribution in [0.5, 0.6) is 0 Å². The zero-order chi connectivity index (χ0) is 12.1. The van der Waals surface area contributed by atoms with Crippen LogP contribution in [0, 0.1) is 6.92 Å². The van der Waals surface area contributed by atoms with Crippen LogP contribution in [0.25, 0.3) is 0 Å². The maximum Gasteiger partial charge on any atom is 0.0978 e. The highest BCUT2D eigenvalue weighted by molar-refractivity contribution is 5.22. The van der Waals surface area contributed by atoms with E-state index in [2.05, 4.69) is 35.1 Å². The third-order valence-corrected chi connectivity index (χ3v) is 2.71. The summed E-state index contributed by atoms with van der Waals surface area (Å²) in [5, 5.41) is 9.95. The van der Waals surface area contributed by atoms with E-state index in [1.807, 2.05) is 6.07 Å². The molecular formula is C14H16N2O. The van der Waals surface area contributed by atoms with Gasteiger partial charge in [-0.25, -0.2) is 0 Å². The van der Waals surface area contributed by atoms with Crippen LogP contribution in [-0.4, -0.2) is 15.1 Å². The second-order valence-electron chi connectivity index (χ2n) is 4.17. The molecule has 0 saturated heterocycles. The van der Waals surface area contributed by atoms with Crippen molar-refractivity contribution in [3.63, 3.8) is 0 Å². The molecule has 88 valence electrons. The van der Waals surface area contributed by atoms with Gasteiger partial charge in [-0.1, -0.05) is 29.8 Å². The largest absolute Gasteiger partial charge is 0.387 e. The highest BCUT2D eigenvalue weighted by Gasteiger charge is 2.08. The summed E-state index contributed by atoms with van der Waals surface area (Å²) in [7, 11) is 0. The summed E-state index contributed by atoms with van der Waals surface area (Å²) in [5.41, 5.74) is 3.13. The molecule has 1 aromatic heterocycles. The maximum atomic E-state index is 9.95. The molecule has 2 rings (SSSR count). The van der Waals surface area contributed by atoms with Crippen molar-refractivity contribution in [2.24, 2.45) is 0 Å². The standard InChI is InChI=1S/C14H16N2O/c1-11-3-2-4-12(9-11)5-6-14(17)13-10-15-7-8-16-13/h2-4,7-10,14,17H,5-6H2,1H3. The smallest absolute Gasteiger partial charge is 0.0978 e. The van der Waals surface area contributed by atoms with Crippen LogP contribution in [0.15, 0.2) is 42.9 Å². The van der Waals surface area contributed by atoms with Crippen molar-refractivity contribution in [3.05, 3.63) is 59.7 Å². The lowest BCUT2D eigenvalue weighted by Crippen LogP contribution is -2.02. The molecule has 1 N–H and O–H groups in total. The van der Waals surface area contributed by atoms with E-state index in [0.717, 1.165) is 6.42 Å². The van der Waals surface area contributed by atoms with Gasteiger partial charge in [-0.05, 0) is 25.3 Å². The highest BCUT2D eigenvalue weighted by Crippen LogP contribution is 2.16. The van der Waals surface area contributed by atoms with Gasteiger partial charge in [0.2, 0.25) is 0 Å². The van der Waals surface area contributed by atoms with Crippen LogP contribution >= 0.6 is 0 Å². The average molecular weight is 228 g/mol. The summed E-state index contributed by atoms with van der Waals surface area (Å²) in [4.78, 5) is 8.05. The van der Waals surface area contributed by atoms with E-state index in [9.17, 15) is 5.11 Å². The molecule has 1 aromatic carbocycles. The van der Waals surface area contributed by atoms with Gasteiger partial charge in [0.1, 0.15) is 0 Å². The van der Waals surface area contributed by atoms with Gasteiger partial charge in [0.15, 0.2) is 0 Å². The Morgan fingerprint density at radius 1 is 1.29 bits per heavy atom. The predicted molar refractivity (Wildman–Crippen MR) is 66.5 cm³/mol. The first-order chi connectivity index (χ1) is 8.25. The maximum absolute atomic E-state index is 9.95. The number of benzene rings is 1. The fourth-order valence-electron chi connectivity index (χ4n) is 1.80. The number of aryl methyl sites for hydroxylation is 2. The number of aromatic nitrogens is 2. The molecule has 0 amide bonds. The lowest BCUT2D eigenvalue weighted by Gasteiger charge is -2.09. The molecule has 1 heterocycles. The van der Waals surface area contributed by atoms with E-state index in [-0.39, 0.29) is 0 Å². The number of hydrogen-bond donors (Lipinski definition) is 1. The minimum absolute atomic E-state index is 0.538. The Labute approximate surface area is 101 Å². The highest BCUT2D eigenvalue weighted by atomic mass is 16.3. The van der Waals surface area contributed by atoms with Gasteiger partial charge in [0.25, 0.3) is 0 Å². The van der Waals surface area contributed by atoms with E-state index in [4.69, 9.17) is 0 Å². The molecular weight excluding hydrogens is 212 g/mol. The summed E-state index contributed by atoms with van der Waals surface area (Å²) >= 11 is 0. The van der Waals surface area contributed by atoms with E-state index >= 15 is 0 Å². The zero-order valence-corrected chi connectivity index (χ0v) is 9.87. The van der Waals surface area contributed by atoms with Crippen molar-refractivity contribution in [2.75, 3.05) is 0 Å². The fourth-order valence-corrected chi connectivity index (χ4v) is 1.80. The summed E-state index contributed by atoms with van der Waals surface area (Å²) < 4.78 is 0. The number of rotatable bonds is 4. The zero-order valence-electron chi connectivity index (χ0n) is 9.87. The Kier molecular flexibility index (Phi) is 3.83. The lowest BCUT2D eigenvalue weighted by molar-refractivity contribution is 0.162. The minimum atomic E-state index is -0.538. The van der Waals surface area contributed by atoms with E-state index in [0.29, 0.717) is 12.1 Å². The van der Waals surface area contributed by atoms with Crippen LogP contribution in [0.1, 0.15) is 29.3 Å². The van der Waals surface area contributed by atoms with Crippen molar-refractivity contribution >= 4 is 0 Å². The number of aliphatic hydroxyl groups excluding tert-OH is 1. The van der Waals surface area contributed by atoms with Crippen molar-refractivity contribution in [2.45, 2.75) is 25.9 Å². The molecule has 0 spiro atoms. The summed E-state index contributed by atoms with van der Waals surface area (Å²) in [5.74, 6) is 0. The molecule has 3 nitrogen and oxygen atoms in total. The second-order valence-corrected chi connectivity index (χ2v) is 4.17. The number of hydrogen-bond acceptors (Lipinski definition) is 3. The molecule has 0 aliphatic carbocycles. The number of aliphatic hydroxyl groups is 1. The minimum Gasteiger partial charge on any atom is -0.387 e. The Balaban J connectivity index is 1.95. The topological polar surface area (TPSA) is 46.0 Å². The quantitative estimate of drug-likeness (QED) is 0.874. The average Bonchev–Trinajstić information content (AvgIpc) is 2.37. The van der Waals surface area contributed by atoms with Crippen LogP contribution in [0.2, 0.25) is 0 Å². The third kappa shape index (κ3) is 3.36. The van der Waals surface area contributed by atoms with E-state index in [1.165, 1.54) is 11.1 Å². The monoisotopic (exact) mass is 228 g/mol. The summed E-state index contributed by atoms with van der Waals surface area (Å²) in [6.07, 6.45) is 5.80. The van der Waals surface area contributed by atoms with Gasteiger partial charge in [-0.15, -0.1) is 0 Å². The summed E-state index contributed by atoms with van der Waals surface area (Å²) in [6.45, 7) is 2.07. The van der Waals surface area contributed by atoms with Gasteiger partial charge < -0.3 is 5.11 Å². The molecule has 0 aliphatic rings. The van der Waals surface area contributed by atoms with Crippen LogP contribution < -0.4 is 0 Å². The first-order valence-electron chi connectivity index (χ1n) is 5.75. The van der Waals surface area contributed by atoms with E-state index < -0.39 is 6.10 Å². The second kappa shape index (κ2) is 5.55. The molecule has 0 radical (unpaired) electrons. The Hall–Kier alpha value is -1.74. The van der Waals surface area contributed by atoms with Crippen LogP contribution in [0.4, 0.5) is 0 Å². The molecule has 17 heavy (non-hydrogen) atoms. The normalized spacial score (nSPS) is 12.4. The van der Waals surface area contributed by atoms with Crippen LogP contribution in [0.3, 0.4) is 0 Å². The predicted octanol–water partition coefficient (Wildman–Crippen LogP) is 2.45. The molecule has 0 aliphatic heterocycles. The van der Waals surface area contributed by atoms with Gasteiger partial charge in [0, 0.05) is 12.4 Å². The first kappa shape index (κ1) is 11.7. The molecule has 1 unspecified atom stereocenters. The molecule has 2 aromatic rings.